The lowest BCUT2D eigenvalue weighted by Gasteiger charge is -2.11. The highest BCUT2D eigenvalue weighted by Crippen LogP contribution is 2.34. The minimum absolute atomic E-state index is 0.0493. The van der Waals surface area contributed by atoms with Crippen LogP contribution in [0.3, 0.4) is 0 Å². The smallest absolute Gasteiger partial charge is 0.212 e. The third kappa shape index (κ3) is 2.91. The van der Waals surface area contributed by atoms with Crippen molar-refractivity contribution in [2.75, 3.05) is 6.61 Å². The Hall–Kier alpha value is -1.36. The van der Waals surface area contributed by atoms with Crippen molar-refractivity contribution in [3.8, 4) is 0 Å². The zero-order valence-corrected chi connectivity index (χ0v) is 14.8. The Bertz CT molecular complexity index is 765. The Labute approximate surface area is 150 Å². The highest BCUT2D eigenvalue weighted by atomic mass is 35.5. The third-order valence-corrected chi connectivity index (χ3v) is 5.04. The molecule has 23 heavy (non-hydrogen) atoms. The number of hydrogen-bond acceptors (Lipinski definition) is 3. The molecule has 2 aromatic rings. The molecular formula is C17H15Cl2NO2S. The molecule has 0 radical (unpaired) electrons. The van der Waals surface area contributed by atoms with Crippen LogP contribution in [0, 0.1) is 0 Å². The van der Waals surface area contributed by atoms with E-state index in [1.807, 2.05) is 17.6 Å². The van der Waals surface area contributed by atoms with Crippen LogP contribution in [0.15, 0.2) is 30.3 Å². The second-order valence-electron chi connectivity index (χ2n) is 5.31. The summed E-state index contributed by atoms with van der Waals surface area (Å²) in [6.07, 6.45) is 0.839. The van der Waals surface area contributed by atoms with Crippen LogP contribution in [-0.4, -0.2) is 22.0 Å². The van der Waals surface area contributed by atoms with Gasteiger partial charge >= 0.3 is 0 Å². The van der Waals surface area contributed by atoms with Gasteiger partial charge in [0.1, 0.15) is 0 Å². The van der Waals surface area contributed by atoms with E-state index in [0.29, 0.717) is 33.0 Å². The molecule has 6 heteroatoms. The Morgan fingerprint density at radius 2 is 2.00 bits per heavy atom. The van der Waals surface area contributed by atoms with E-state index in [1.165, 1.54) is 0 Å². The van der Waals surface area contributed by atoms with Gasteiger partial charge in [-0.1, -0.05) is 29.3 Å². The zero-order valence-electron chi connectivity index (χ0n) is 12.5. The van der Waals surface area contributed by atoms with Crippen LogP contribution < -0.4 is 0 Å². The fraction of sp³-hybridized carbons (Fsp3) is 0.294. The van der Waals surface area contributed by atoms with Crippen LogP contribution in [0.5, 0.6) is 0 Å². The number of carbonyl (C=O) groups is 1. The van der Waals surface area contributed by atoms with Crippen molar-refractivity contribution in [1.82, 2.24) is 4.57 Å². The molecule has 0 amide bonds. The fourth-order valence-electron chi connectivity index (χ4n) is 2.97. The van der Waals surface area contributed by atoms with Gasteiger partial charge in [0.2, 0.25) is 5.78 Å². The Morgan fingerprint density at radius 1 is 1.30 bits per heavy atom. The summed E-state index contributed by atoms with van der Waals surface area (Å²) >= 11 is 17.7. The molecule has 1 unspecified atom stereocenters. The summed E-state index contributed by atoms with van der Waals surface area (Å²) in [7, 11) is 0. The fourth-order valence-corrected chi connectivity index (χ4v) is 3.89. The van der Waals surface area contributed by atoms with Crippen LogP contribution in [0.25, 0.3) is 0 Å². The molecule has 2 heterocycles. The van der Waals surface area contributed by atoms with E-state index < -0.39 is 0 Å². The molecule has 1 aliphatic heterocycles. The summed E-state index contributed by atoms with van der Waals surface area (Å²) < 4.78 is 7.45. The summed E-state index contributed by atoms with van der Waals surface area (Å²) in [6, 6.07) is 8.79. The predicted molar refractivity (Wildman–Crippen MR) is 95.9 cm³/mol. The molecule has 0 saturated carbocycles. The number of benzene rings is 1. The first-order valence-electron chi connectivity index (χ1n) is 7.39. The number of hydrogen-bond donors (Lipinski definition) is 0. The van der Waals surface area contributed by atoms with Gasteiger partial charge in [0.25, 0.3) is 0 Å². The first kappa shape index (κ1) is 16.5. The van der Waals surface area contributed by atoms with Crippen molar-refractivity contribution < 1.29 is 9.53 Å². The summed E-state index contributed by atoms with van der Waals surface area (Å²) in [5, 5.41) is 1.30. The van der Waals surface area contributed by atoms with Gasteiger partial charge in [-0.25, -0.2) is 0 Å². The number of thiocarbonyl (C=S) groups is 1. The maximum absolute atomic E-state index is 12.9. The van der Waals surface area contributed by atoms with Crippen LogP contribution in [0.1, 0.15) is 41.0 Å². The lowest BCUT2D eigenvalue weighted by Crippen LogP contribution is -2.12. The number of fused-ring (bicyclic) bond motifs is 1. The number of ether oxygens (including phenoxy) is 1. The molecule has 120 valence electrons. The van der Waals surface area contributed by atoms with Crippen molar-refractivity contribution >= 4 is 46.3 Å². The topological polar surface area (TPSA) is 31.2 Å². The van der Waals surface area contributed by atoms with Crippen molar-refractivity contribution in [1.29, 1.82) is 0 Å². The second kappa shape index (κ2) is 6.63. The molecule has 0 saturated heterocycles. The molecule has 3 rings (SSSR count). The van der Waals surface area contributed by atoms with E-state index in [0.717, 1.165) is 18.7 Å². The van der Waals surface area contributed by atoms with E-state index in [4.69, 9.17) is 40.2 Å². The zero-order chi connectivity index (χ0) is 16.6. The Balaban J connectivity index is 1.97. The number of aromatic nitrogens is 1. The van der Waals surface area contributed by atoms with Gasteiger partial charge in [0.05, 0.1) is 33.8 Å². The van der Waals surface area contributed by atoms with Gasteiger partial charge in [0.15, 0.2) is 5.05 Å². The number of carbonyl (C=O) groups excluding carboxylic acids is 1. The first-order chi connectivity index (χ1) is 11.0. The molecule has 1 aromatic carbocycles. The van der Waals surface area contributed by atoms with Crippen molar-refractivity contribution in [3.63, 3.8) is 0 Å². The molecule has 0 bridgehead atoms. The van der Waals surface area contributed by atoms with Gasteiger partial charge in [-0.15, -0.1) is 0 Å². The maximum atomic E-state index is 12.9. The minimum atomic E-state index is -0.171. The minimum Gasteiger partial charge on any atom is -0.487 e. The van der Waals surface area contributed by atoms with Crippen LogP contribution in [-0.2, 0) is 11.3 Å². The first-order valence-corrected chi connectivity index (χ1v) is 8.55. The van der Waals surface area contributed by atoms with Crippen LogP contribution in [0.2, 0.25) is 10.0 Å². The average molecular weight is 368 g/mol. The highest BCUT2D eigenvalue weighted by Gasteiger charge is 2.31. The molecule has 0 fully saturated rings. The predicted octanol–water partition coefficient (Wildman–Crippen LogP) is 4.88. The number of halogens is 2. The van der Waals surface area contributed by atoms with E-state index >= 15 is 0 Å². The molecule has 0 aliphatic carbocycles. The van der Waals surface area contributed by atoms with Gasteiger partial charge in [-0.05, 0) is 49.8 Å². The van der Waals surface area contributed by atoms with Gasteiger partial charge in [-0.2, -0.15) is 0 Å². The maximum Gasteiger partial charge on any atom is 0.212 e. The van der Waals surface area contributed by atoms with Gasteiger partial charge < -0.3 is 9.30 Å². The van der Waals surface area contributed by atoms with Crippen molar-refractivity contribution in [2.45, 2.75) is 25.8 Å². The monoisotopic (exact) mass is 367 g/mol. The molecule has 1 aromatic heterocycles. The number of rotatable bonds is 4. The largest absolute Gasteiger partial charge is 0.487 e. The molecule has 3 nitrogen and oxygen atoms in total. The molecular weight excluding hydrogens is 353 g/mol. The lowest BCUT2D eigenvalue weighted by molar-refractivity contribution is 0.103. The number of nitrogens with zero attached hydrogens (tertiary/aromatic N) is 1. The second-order valence-corrected chi connectivity index (χ2v) is 6.53. The van der Waals surface area contributed by atoms with Gasteiger partial charge in [0, 0.05) is 12.2 Å². The average Bonchev–Trinajstić information content (AvgIpc) is 3.08. The summed E-state index contributed by atoms with van der Waals surface area (Å²) in [5.41, 5.74) is 1.93. The normalized spacial score (nSPS) is 16.2. The molecule has 0 N–H and O–H groups in total. The summed E-state index contributed by atoms with van der Waals surface area (Å²) in [6.45, 7) is 3.19. The standard InChI is InChI=1S/C17H15Cl2NO2S/c1-2-22-17(23)10-8-9-20-13(10)6-7-14(20)16(21)15-11(18)4-3-5-12(15)19/h3-7,10H,2,8-9H2,1H3. The quantitative estimate of drug-likeness (QED) is 0.570. The van der Waals surface area contributed by atoms with Crippen molar-refractivity contribution in [2.24, 2.45) is 0 Å². The SMILES string of the molecule is CCOC(=S)C1CCn2c(C(=O)c3c(Cl)cccc3Cl)ccc21. The Kier molecular flexibility index (Phi) is 4.76. The third-order valence-electron chi connectivity index (χ3n) is 4.01. The highest BCUT2D eigenvalue weighted by molar-refractivity contribution is 7.80. The molecule has 1 atom stereocenters. The van der Waals surface area contributed by atoms with E-state index in [9.17, 15) is 4.79 Å². The van der Waals surface area contributed by atoms with Crippen molar-refractivity contribution in [3.05, 3.63) is 57.3 Å². The van der Waals surface area contributed by atoms with E-state index in [-0.39, 0.29) is 11.7 Å². The summed E-state index contributed by atoms with van der Waals surface area (Å²) in [5.74, 6) is -0.122. The number of ketones is 1. The van der Waals surface area contributed by atoms with Gasteiger partial charge in [-0.3, -0.25) is 4.79 Å². The lowest BCUT2D eigenvalue weighted by atomic mass is 10.1. The van der Waals surface area contributed by atoms with E-state index in [1.54, 1.807) is 24.3 Å². The summed E-state index contributed by atoms with van der Waals surface area (Å²) in [4.78, 5) is 12.9. The van der Waals surface area contributed by atoms with Crippen LogP contribution >= 0.6 is 35.4 Å². The molecule has 1 aliphatic rings. The van der Waals surface area contributed by atoms with Crippen LogP contribution in [0.4, 0.5) is 0 Å². The molecule has 0 spiro atoms. The Morgan fingerprint density at radius 3 is 2.65 bits per heavy atom. The van der Waals surface area contributed by atoms with E-state index in [2.05, 4.69) is 0 Å².